The van der Waals surface area contributed by atoms with Crippen molar-refractivity contribution in [2.24, 2.45) is 0 Å². The van der Waals surface area contributed by atoms with Crippen LogP contribution in [-0.4, -0.2) is 54.4 Å². The fourth-order valence-electron chi connectivity index (χ4n) is 3.18. The zero-order chi connectivity index (χ0) is 18.4. The molecule has 1 heterocycles. The minimum Gasteiger partial charge on any atom is -0.480 e. The lowest BCUT2D eigenvalue weighted by molar-refractivity contribution is -0.139. The van der Waals surface area contributed by atoms with Crippen LogP contribution in [0.15, 0.2) is 60.7 Å². The number of carboxylic acids is 1. The van der Waals surface area contributed by atoms with Gasteiger partial charge in [-0.3, -0.25) is 0 Å². The summed E-state index contributed by atoms with van der Waals surface area (Å²) in [4.78, 5) is 26.2. The molecular weight excluding hydrogens is 332 g/mol. The number of morpholine rings is 1. The second-order valence-electron chi connectivity index (χ2n) is 6.16. The first-order valence-corrected chi connectivity index (χ1v) is 8.62. The van der Waals surface area contributed by atoms with Gasteiger partial charge in [-0.2, -0.15) is 0 Å². The summed E-state index contributed by atoms with van der Waals surface area (Å²) in [5.74, 6) is -1.55. The Morgan fingerprint density at radius 2 is 1.42 bits per heavy atom. The van der Waals surface area contributed by atoms with E-state index in [-0.39, 0.29) is 6.03 Å². The van der Waals surface area contributed by atoms with E-state index in [2.05, 4.69) is 5.32 Å². The number of nitrogens with one attached hydrogen (secondary N) is 1. The zero-order valence-corrected chi connectivity index (χ0v) is 14.4. The van der Waals surface area contributed by atoms with Crippen LogP contribution in [0.25, 0.3) is 0 Å². The van der Waals surface area contributed by atoms with Crippen LogP contribution in [0.2, 0.25) is 0 Å². The van der Waals surface area contributed by atoms with Crippen LogP contribution in [-0.2, 0) is 9.53 Å². The molecule has 2 aromatic carbocycles. The average molecular weight is 354 g/mol. The van der Waals surface area contributed by atoms with E-state index < -0.39 is 17.9 Å². The maximum absolute atomic E-state index is 12.6. The Bertz CT molecular complexity index is 690. The van der Waals surface area contributed by atoms with E-state index in [0.29, 0.717) is 26.3 Å². The predicted octanol–water partition coefficient (Wildman–Crippen LogP) is 2.31. The van der Waals surface area contributed by atoms with Crippen LogP contribution in [0.4, 0.5) is 4.79 Å². The normalized spacial score (nSPS) is 15.5. The third kappa shape index (κ3) is 4.21. The number of hydrogen-bond donors (Lipinski definition) is 2. The third-order valence-corrected chi connectivity index (χ3v) is 4.49. The van der Waals surface area contributed by atoms with Crippen LogP contribution < -0.4 is 5.32 Å². The van der Waals surface area contributed by atoms with E-state index in [1.54, 1.807) is 4.90 Å². The van der Waals surface area contributed by atoms with Gasteiger partial charge in [-0.15, -0.1) is 0 Å². The monoisotopic (exact) mass is 354 g/mol. The van der Waals surface area contributed by atoms with Crippen molar-refractivity contribution in [1.29, 1.82) is 0 Å². The summed E-state index contributed by atoms with van der Waals surface area (Å²) in [6, 6.07) is 17.3. The van der Waals surface area contributed by atoms with Crippen LogP contribution in [0, 0.1) is 0 Å². The lowest BCUT2D eigenvalue weighted by Crippen LogP contribution is -2.53. The Balaban J connectivity index is 1.90. The summed E-state index contributed by atoms with van der Waals surface area (Å²) < 4.78 is 5.25. The Morgan fingerprint density at radius 3 is 1.88 bits per heavy atom. The van der Waals surface area contributed by atoms with Crippen molar-refractivity contribution in [3.63, 3.8) is 0 Å². The number of benzene rings is 2. The van der Waals surface area contributed by atoms with E-state index in [1.165, 1.54) is 0 Å². The van der Waals surface area contributed by atoms with Crippen molar-refractivity contribution in [3.8, 4) is 0 Å². The number of carbonyl (C=O) groups excluding carboxylic acids is 1. The van der Waals surface area contributed by atoms with Gasteiger partial charge in [0.1, 0.15) is 6.04 Å². The Morgan fingerprint density at radius 1 is 0.923 bits per heavy atom. The molecule has 26 heavy (non-hydrogen) atoms. The quantitative estimate of drug-likeness (QED) is 0.864. The van der Waals surface area contributed by atoms with Gasteiger partial charge in [-0.1, -0.05) is 60.7 Å². The highest BCUT2D eigenvalue weighted by atomic mass is 16.5. The first-order chi connectivity index (χ1) is 12.7. The summed E-state index contributed by atoms with van der Waals surface area (Å²) in [6.45, 7) is 1.84. The molecular formula is C20H22N2O4. The zero-order valence-electron chi connectivity index (χ0n) is 14.4. The van der Waals surface area contributed by atoms with Crippen molar-refractivity contribution < 1.29 is 19.4 Å². The smallest absolute Gasteiger partial charge is 0.327 e. The van der Waals surface area contributed by atoms with E-state index >= 15 is 0 Å². The molecule has 0 radical (unpaired) electrons. The molecule has 6 nitrogen and oxygen atoms in total. The number of hydrogen-bond acceptors (Lipinski definition) is 3. The van der Waals surface area contributed by atoms with Crippen molar-refractivity contribution in [2.45, 2.75) is 12.0 Å². The van der Waals surface area contributed by atoms with Gasteiger partial charge in [0.05, 0.1) is 13.2 Å². The summed E-state index contributed by atoms with van der Waals surface area (Å²) in [6.07, 6.45) is 0. The Labute approximate surface area is 152 Å². The lowest BCUT2D eigenvalue weighted by atomic mass is 9.85. The summed E-state index contributed by atoms with van der Waals surface area (Å²) in [5, 5.41) is 12.6. The van der Waals surface area contributed by atoms with Crippen LogP contribution >= 0.6 is 0 Å². The standard InChI is InChI=1S/C20H22N2O4/c23-19(24)18(21-20(25)22-11-13-26-14-12-22)17(15-7-3-1-4-8-15)16-9-5-2-6-10-16/h1-10,17-18H,11-14H2,(H,21,25)(H,23,24). The fraction of sp³-hybridized carbons (Fsp3) is 0.300. The van der Waals surface area contributed by atoms with E-state index in [1.807, 2.05) is 60.7 Å². The van der Waals surface area contributed by atoms with Crippen LogP contribution in [0.1, 0.15) is 17.0 Å². The van der Waals surface area contributed by atoms with Gasteiger partial charge in [-0.25, -0.2) is 9.59 Å². The molecule has 3 rings (SSSR count). The molecule has 0 saturated carbocycles. The highest BCUT2D eigenvalue weighted by Crippen LogP contribution is 2.28. The molecule has 1 atom stereocenters. The summed E-state index contributed by atoms with van der Waals surface area (Å²) >= 11 is 0. The number of carboxylic acid groups (broad SMARTS) is 1. The average Bonchev–Trinajstić information content (AvgIpc) is 2.69. The van der Waals surface area contributed by atoms with Crippen molar-refractivity contribution in [3.05, 3.63) is 71.8 Å². The highest BCUT2D eigenvalue weighted by molar-refractivity contribution is 5.84. The van der Waals surface area contributed by atoms with Crippen molar-refractivity contribution >= 4 is 12.0 Å². The number of aliphatic carboxylic acids is 1. The number of rotatable bonds is 5. The number of nitrogens with zero attached hydrogens (tertiary/aromatic N) is 1. The van der Waals surface area contributed by atoms with Gasteiger partial charge in [0, 0.05) is 19.0 Å². The number of amides is 2. The van der Waals surface area contributed by atoms with Gasteiger partial charge in [0.2, 0.25) is 0 Å². The molecule has 1 aliphatic heterocycles. The lowest BCUT2D eigenvalue weighted by Gasteiger charge is -2.31. The minimum absolute atomic E-state index is 0.377. The van der Waals surface area contributed by atoms with E-state index in [0.717, 1.165) is 11.1 Å². The third-order valence-electron chi connectivity index (χ3n) is 4.49. The van der Waals surface area contributed by atoms with Gasteiger partial charge in [0.15, 0.2) is 0 Å². The minimum atomic E-state index is -1.07. The molecule has 6 heteroatoms. The van der Waals surface area contributed by atoms with E-state index in [4.69, 9.17) is 4.74 Å². The molecule has 0 bridgehead atoms. The molecule has 2 N–H and O–H groups in total. The highest BCUT2D eigenvalue weighted by Gasteiger charge is 2.33. The molecule has 1 aliphatic rings. The molecule has 0 spiro atoms. The molecule has 0 aliphatic carbocycles. The summed E-state index contributed by atoms with van der Waals surface area (Å²) in [7, 11) is 0. The SMILES string of the molecule is O=C(O)C(NC(=O)N1CCOCC1)C(c1ccccc1)c1ccccc1. The predicted molar refractivity (Wildman–Crippen MR) is 97.1 cm³/mol. The number of urea groups is 1. The molecule has 1 unspecified atom stereocenters. The summed E-state index contributed by atoms with van der Waals surface area (Å²) in [5.41, 5.74) is 1.68. The molecule has 2 aromatic rings. The molecule has 1 saturated heterocycles. The van der Waals surface area contributed by atoms with Crippen LogP contribution in [0.3, 0.4) is 0 Å². The van der Waals surface area contributed by atoms with Crippen LogP contribution in [0.5, 0.6) is 0 Å². The first kappa shape index (κ1) is 17.9. The fourth-order valence-corrected chi connectivity index (χ4v) is 3.18. The molecule has 1 fully saturated rings. The van der Waals surface area contributed by atoms with Crippen molar-refractivity contribution in [1.82, 2.24) is 10.2 Å². The largest absolute Gasteiger partial charge is 0.480 e. The topological polar surface area (TPSA) is 78.9 Å². The number of ether oxygens (including phenoxy) is 1. The van der Waals surface area contributed by atoms with Gasteiger partial charge < -0.3 is 20.1 Å². The second-order valence-corrected chi connectivity index (χ2v) is 6.16. The Hall–Kier alpha value is -2.86. The first-order valence-electron chi connectivity index (χ1n) is 8.62. The number of carbonyl (C=O) groups is 2. The second kappa shape index (κ2) is 8.49. The van der Waals surface area contributed by atoms with Gasteiger partial charge in [0.25, 0.3) is 0 Å². The molecule has 2 amide bonds. The van der Waals surface area contributed by atoms with Gasteiger partial charge >= 0.3 is 12.0 Å². The Kier molecular flexibility index (Phi) is 5.86. The molecule has 0 aromatic heterocycles. The maximum atomic E-state index is 12.6. The molecule has 136 valence electrons. The van der Waals surface area contributed by atoms with Crippen molar-refractivity contribution in [2.75, 3.05) is 26.3 Å². The van der Waals surface area contributed by atoms with Gasteiger partial charge in [-0.05, 0) is 11.1 Å². The van der Waals surface area contributed by atoms with E-state index in [9.17, 15) is 14.7 Å². The maximum Gasteiger partial charge on any atom is 0.327 e.